The maximum atomic E-state index is 11.3. The zero-order valence-corrected chi connectivity index (χ0v) is 11.1. The quantitative estimate of drug-likeness (QED) is 0.889. The van der Waals surface area contributed by atoms with E-state index in [4.69, 9.17) is 0 Å². The molecular formula is C12H14N2O2S. The predicted molar refractivity (Wildman–Crippen MR) is 67.9 cm³/mol. The van der Waals surface area contributed by atoms with Crippen LogP contribution in [0.25, 0.3) is 10.2 Å². The molecular weight excluding hydrogens is 236 g/mol. The Morgan fingerprint density at radius 1 is 1.29 bits per heavy atom. The maximum Gasteiger partial charge on any atom is 0.355 e. The molecule has 0 fully saturated rings. The number of nitrogens with zero attached hydrogens (tertiary/aromatic N) is 2. The van der Waals surface area contributed by atoms with Gasteiger partial charge in [0.25, 0.3) is 0 Å². The van der Waals surface area contributed by atoms with E-state index in [0.29, 0.717) is 11.2 Å². The van der Waals surface area contributed by atoms with Crippen molar-refractivity contribution >= 4 is 27.5 Å². The van der Waals surface area contributed by atoms with E-state index in [1.807, 2.05) is 27.7 Å². The van der Waals surface area contributed by atoms with Crippen LogP contribution in [-0.4, -0.2) is 21.0 Å². The first kappa shape index (κ1) is 12.0. The molecule has 5 heteroatoms. The summed E-state index contributed by atoms with van der Waals surface area (Å²) < 4.78 is 0. The highest BCUT2D eigenvalue weighted by atomic mass is 32.1. The molecule has 0 saturated carbocycles. The van der Waals surface area contributed by atoms with Crippen molar-refractivity contribution in [2.75, 3.05) is 0 Å². The van der Waals surface area contributed by atoms with Crippen molar-refractivity contribution in [2.45, 2.75) is 33.6 Å². The number of aryl methyl sites for hydroxylation is 2. The molecule has 4 nitrogen and oxygen atoms in total. The van der Waals surface area contributed by atoms with Crippen LogP contribution >= 0.6 is 11.3 Å². The van der Waals surface area contributed by atoms with Crippen molar-refractivity contribution < 1.29 is 9.90 Å². The molecule has 0 unspecified atom stereocenters. The molecule has 0 atom stereocenters. The molecule has 90 valence electrons. The van der Waals surface area contributed by atoms with Gasteiger partial charge in [-0.2, -0.15) is 0 Å². The van der Waals surface area contributed by atoms with Gasteiger partial charge in [0, 0.05) is 16.2 Å². The number of thiophene rings is 1. The molecule has 2 rings (SSSR count). The minimum Gasteiger partial charge on any atom is -0.476 e. The zero-order chi connectivity index (χ0) is 12.7. The zero-order valence-electron chi connectivity index (χ0n) is 10.2. The minimum atomic E-state index is -0.986. The third-order valence-electron chi connectivity index (χ3n) is 2.76. The Labute approximate surface area is 103 Å². The van der Waals surface area contributed by atoms with E-state index in [1.54, 1.807) is 0 Å². The highest BCUT2D eigenvalue weighted by Gasteiger charge is 2.19. The fourth-order valence-corrected chi connectivity index (χ4v) is 2.72. The molecule has 0 saturated heterocycles. The van der Waals surface area contributed by atoms with Gasteiger partial charge in [0.2, 0.25) is 0 Å². The first-order valence-corrected chi connectivity index (χ1v) is 6.24. The molecule has 0 radical (unpaired) electrons. The highest BCUT2D eigenvalue weighted by Crippen LogP contribution is 2.31. The van der Waals surface area contributed by atoms with Gasteiger partial charge >= 0.3 is 5.97 Å². The number of hydrogen-bond donors (Lipinski definition) is 1. The van der Waals surface area contributed by atoms with Crippen LogP contribution in [0, 0.1) is 13.8 Å². The Morgan fingerprint density at radius 2 is 1.94 bits per heavy atom. The molecule has 17 heavy (non-hydrogen) atoms. The second-order valence-corrected chi connectivity index (χ2v) is 5.56. The van der Waals surface area contributed by atoms with E-state index in [9.17, 15) is 9.90 Å². The lowest BCUT2D eigenvalue weighted by Gasteiger charge is -2.05. The third kappa shape index (κ3) is 1.91. The lowest BCUT2D eigenvalue weighted by Crippen LogP contribution is -2.07. The standard InChI is InChI=1S/C12H14N2O2S/c1-5(2)10-13-9(12(15)16)8-6(3)7(4)17-11(8)14-10/h5H,1-4H3,(H,15,16). The lowest BCUT2D eigenvalue weighted by molar-refractivity contribution is 0.0692. The van der Waals surface area contributed by atoms with Crippen LogP contribution in [0.1, 0.15) is 46.5 Å². The molecule has 2 heterocycles. The van der Waals surface area contributed by atoms with Crippen LogP contribution in [-0.2, 0) is 0 Å². The van der Waals surface area contributed by atoms with Crippen LogP contribution < -0.4 is 0 Å². The van der Waals surface area contributed by atoms with Crippen molar-refractivity contribution in [1.82, 2.24) is 9.97 Å². The number of aromatic carboxylic acids is 1. The molecule has 0 spiro atoms. The fourth-order valence-electron chi connectivity index (χ4n) is 1.68. The molecule has 0 aliphatic rings. The Balaban J connectivity index is 2.86. The van der Waals surface area contributed by atoms with Gasteiger partial charge in [0.05, 0.1) is 0 Å². The first-order valence-electron chi connectivity index (χ1n) is 5.42. The van der Waals surface area contributed by atoms with Gasteiger partial charge in [-0.15, -0.1) is 11.3 Å². The molecule has 0 amide bonds. The van der Waals surface area contributed by atoms with Gasteiger partial charge in [-0.25, -0.2) is 14.8 Å². The van der Waals surface area contributed by atoms with E-state index in [1.165, 1.54) is 11.3 Å². The van der Waals surface area contributed by atoms with Gasteiger partial charge in [0.15, 0.2) is 5.69 Å². The number of carboxylic acid groups (broad SMARTS) is 1. The van der Waals surface area contributed by atoms with Crippen LogP contribution in [0.4, 0.5) is 0 Å². The summed E-state index contributed by atoms with van der Waals surface area (Å²) in [5, 5.41) is 9.92. The Kier molecular flexibility index (Phi) is 2.87. The molecule has 1 N–H and O–H groups in total. The summed E-state index contributed by atoms with van der Waals surface area (Å²) in [5.74, 6) is -0.267. The maximum absolute atomic E-state index is 11.3. The number of carboxylic acids is 1. The van der Waals surface area contributed by atoms with Gasteiger partial charge in [0.1, 0.15) is 10.7 Å². The average Bonchev–Trinajstić information content (AvgIpc) is 2.53. The summed E-state index contributed by atoms with van der Waals surface area (Å²) in [7, 11) is 0. The summed E-state index contributed by atoms with van der Waals surface area (Å²) in [5.41, 5.74) is 1.10. The van der Waals surface area contributed by atoms with Crippen molar-refractivity contribution in [3.63, 3.8) is 0 Å². The smallest absolute Gasteiger partial charge is 0.355 e. The predicted octanol–water partition coefficient (Wildman–Crippen LogP) is 3.13. The monoisotopic (exact) mass is 250 g/mol. The van der Waals surface area contributed by atoms with E-state index in [2.05, 4.69) is 9.97 Å². The Morgan fingerprint density at radius 3 is 2.47 bits per heavy atom. The summed E-state index contributed by atoms with van der Waals surface area (Å²) in [6, 6.07) is 0. The normalized spacial score (nSPS) is 11.4. The van der Waals surface area contributed by atoms with Crippen LogP contribution in [0.2, 0.25) is 0 Å². The SMILES string of the molecule is Cc1sc2nc(C(C)C)nc(C(=O)O)c2c1C. The minimum absolute atomic E-state index is 0.125. The third-order valence-corrected chi connectivity index (χ3v) is 3.87. The topological polar surface area (TPSA) is 63.1 Å². The number of rotatable bonds is 2. The van der Waals surface area contributed by atoms with Gasteiger partial charge in [-0.3, -0.25) is 0 Å². The molecule has 0 aliphatic heterocycles. The van der Waals surface area contributed by atoms with Crippen molar-refractivity contribution in [2.24, 2.45) is 0 Å². The van der Waals surface area contributed by atoms with Crippen molar-refractivity contribution in [1.29, 1.82) is 0 Å². The summed E-state index contributed by atoms with van der Waals surface area (Å²) >= 11 is 1.53. The fraction of sp³-hybridized carbons (Fsp3) is 0.417. The molecule has 0 aromatic carbocycles. The summed E-state index contributed by atoms with van der Waals surface area (Å²) in [6.07, 6.45) is 0. The van der Waals surface area contributed by atoms with E-state index >= 15 is 0 Å². The van der Waals surface area contributed by atoms with Crippen LogP contribution in [0.5, 0.6) is 0 Å². The number of hydrogen-bond acceptors (Lipinski definition) is 4. The Bertz CT molecular complexity index is 602. The highest BCUT2D eigenvalue weighted by molar-refractivity contribution is 7.18. The first-order chi connectivity index (χ1) is 7.91. The number of fused-ring (bicyclic) bond motifs is 1. The van der Waals surface area contributed by atoms with Crippen LogP contribution in [0.15, 0.2) is 0 Å². The largest absolute Gasteiger partial charge is 0.476 e. The van der Waals surface area contributed by atoms with Gasteiger partial charge < -0.3 is 5.11 Å². The molecule has 0 aliphatic carbocycles. The summed E-state index contributed by atoms with van der Waals surface area (Å²) in [6.45, 7) is 7.81. The van der Waals surface area contributed by atoms with E-state index < -0.39 is 5.97 Å². The van der Waals surface area contributed by atoms with Gasteiger partial charge in [-0.05, 0) is 19.4 Å². The Hall–Kier alpha value is -1.49. The molecule has 0 bridgehead atoms. The second kappa shape index (κ2) is 4.07. The summed E-state index contributed by atoms with van der Waals surface area (Å²) in [4.78, 5) is 21.7. The van der Waals surface area contributed by atoms with Crippen LogP contribution in [0.3, 0.4) is 0 Å². The van der Waals surface area contributed by atoms with E-state index in [-0.39, 0.29) is 11.6 Å². The lowest BCUT2D eigenvalue weighted by atomic mass is 10.1. The van der Waals surface area contributed by atoms with Crippen molar-refractivity contribution in [3.05, 3.63) is 22.0 Å². The number of carbonyl (C=O) groups is 1. The van der Waals surface area contributed by atoms with Crippen molar-refractivity contribution in [3.8, 4) is 0 Å². The molecule has 2 aromatic heterocycles. The second-order valence-electron chi connectivity index (χ2n) is 4.35. The number of aromatic nitrogens is 2. The van der Waals surface area contributed by atoms with E-state index in [0.717, 1.165) is 15.3 Å². The van der Waals surface area contributed by atoms with Gasteiger partial charge in [-0.1, -0.05) is 13.8 Å². The average molecular weight is 250 g/mol. The molecule has 2 aromatic rings.